The van der Waals surface area contributed by atoms with Gasteiger partial charge in [-0.25, -0.2) is 0 Å². The lowest BCUT2D eigenvalue weighted by atomic mass is 9.85. The molecule has 2 amide bonds. The Morgan fingerprint density at radius 3 is 2.58 bits per heavy atom. The number of likely N-dealkylation sites (tertiary alicyclic amines) is 1. The molecular weight excluding hydrogens is 486 g/mol. The molecule has 0 radical (unpaired) electrons. The highest BCUT2D eigenvalue weighted by atomic mass is 35.5. The van der Waals surface area contributed by atoms with Gasteiger partial charge in [0.15, 0.2) is 0 Å². The van der Waals surface area contributed by atoms with Crippen LogP contribution in [-0.2, 0) is 25.7 Å². The number of rotatable bonds is 12. The number of amides is 2. The Kier molecular flexibility index (Phi) is 9.35. The molecule has 0 unspecified atom stereocenters. The van der Waals surface area contributed by atoms with E-state index >= 15 is 0 Å². The first-order valence-corrected chi connectivity index (χ1v) is 12.8. The van der Waals surface area contributed by atoms with Gasteiger partial charge in [-0.1, -0.05) is 44.5 Å². The molecule has 0 aromatic heterocycles. The van der Waals surface area contributed by atoms with Crippen LogP contribution in [0.25, 0.3) is 0 Å². The van der Waals surface area contributed by atoms with Gasteiger partial charge in [0.25, 0.3) is 0 Å². The molecule has 1 aromatic carbocycles. The number of halogens is 1. The summed E-state index contributed by atoms with van der Waals surface area (Å²) in [5.41, 5.74) is 0.340. The van der Waals surface area contributed by atoms with Crippen LogP contribution in [0.1, 0.15) is 58.4 Å². The molecule has 0 bridgehead atoms. The molecule has 1 heterocycles. The minimum Gasteiger partial charge on any atom is -0.492 e. The lowest BCUT2D eigenvalue weighted by molar-refractivity contribution is -0.143. The number of ether oxygens (including phenoxy) is 1. The van der Waals surface area contributed by atoms with Gasteiger partial charge in [0.1, 0.15) is 18.1 Å². The maximum atomic E-state index is 13.7. The second-order valence-electron chi connectivity index (χ2n) is 10.7. The van der Waals surface area contributed by atoms with Crippen molar-refractivity contribution >= 4 is 35.7 Å². The predicted octanol–water partition coefficient (Wildman–Crippen LogP) is 2.78. The van der Waals surface area contributed by atoms with Gasteiger partial charge in [-0.3, -0.25) is 14.4 Å². The van der Waals surface area contributed by atoms with Crippen LogP contribution < -0.4 is 15.4 Å². The Bertz CT molecular complexity index is 975. The summed E-state index contributed by atoms with van der Waals surface area (Å²) in [7, 11) is 0. The zero-order valence-electron chi connectivity index (χ0n) is 21.1. The number of carboxylic acid groups (broad SMARTS) is 1. The van der Waals surface area contributed by atoms with E-state index in [4.69, 9.17) is 21.4 Å². The summed E-state index contributed by atoms with van der Waals surface area (Å²) in [4.78, 5) is 50.2. The number of aldehydes is 1. The normalized spacial score (nSPS) is 19.4. The third-order valence-corrected chi connectivity index (χ3v) is 6.98. The zero-order valence-corrected chi connectivity index (χ0v) is 21.8. The van der Waals surface area contributed by atoms with Crippen molar-refractivity contribution in [1.82, 2.24) is 15.5 Å². The van der Waals surface area contributed by atoms with E-state index in [2.05, 4.69) is 10.6 Å². The van der Waals surface area contributed by atoms with Gasteiger partial charge in [0.05, 0.1) is 30.1 Å². The van der Waals surface area contributed by atoms with E-state index in [9.17, 15) is 19.2 Å². The SMILES string of the molecule is CC(C)(C)[C@H](NCc1cccc(OCC2CC2)c1Cl)C(=O)N1CCC[C@H]1C(=O)N[C@H](C=O)CC(=O)O. The Morgan fingerprint density at radius 1 is 1.25 bits per heavy atom. The van der Waals surface area contributed by atoms with E-state index in [0.29, 0.717) is 55.5 Å². The minimum atomic E-state index is -1.19. The van der Waals surface area contributed by atoms with Crippen molar-refractivity contribution in [1.29, 1.82) is 0 Å². The van der Waals surface area contributed by atoms with Crippen molar-refractivity contribution in [3.63, 3.8) is 0 Å². The fourth-order valence-corrected chi connectivity index (χ4v) is 4.59. The molecule has 36 heavy (non-hydrogen) atoms. The highest BCUT2D eigenvalue weighted by Gasteiger charge is 2.41. The molecule has 1 aliphatic heterocycles. The number of nitrogens with zero attached hydrogens (tertiary/aromatic N) is 1. The summed E-state index contributed by atoms with van der Waals surface area (Å²) in [5.74, 6) is -0.704. The van der Waals surface area contributed by atoms with Crippen LogP contribution in [0.5, 0.6) is 5.75 Å². The first-order chi connectivity index (χ1) is 17.0. The maximum absolute atomic E-state index is 13.7. The van der Waals surface area contributed by atoms with Crippen molar-refractivity contribution in [2.24, 2.45) is 11.3 Å². The maximum Gasteiger partial charge on any atom is 0.305 e. The molecule has 1 aromatic rings. The molecule has 3 rings (SSSR count). The second-order valence-corrected chi connectivity index (χ2v) is 11.1. The number of hydrogen-bond donors (Lipinski definition) is 3. The zero-order chi connectivity index (χ0) is 26.5. The fraction of sp³-hybridized carbons (Fsp3) is 0.615. The quantitative estimate of drug-likeness (QED) is 0.361. The van der Waals surface area contributed by atoms with Crippen molar-refractivity contribution in [3.8, 4) is 5.75 Å². The van der Waals surface area contributed by atoms with E-state index < -0.39 is 41.8 Å². The number of benzene rings is 1. The third-order valence-electron chi connectivity index (χ3n) is 6.55. The Morgan fingerprint density at radius 2 is 1.97 bits per heavy atom. The summed E-state index contributed by atoms with van der Waals surface area (Å²) in [6, 6.07) is 3.09. The lowest BCUT2D eigenvalue weighted by Gasteiger charge is -2.36. The number of nitrogens with one attached hydrogen (secondary N) is 2. The van der Waals surface area contributed by atoms with Crippen LogP contribution in [0.3, 0.4) is 0 Å². The molecule has 0 spiro atoms. The molecule has 1 saturated carbocycles. The second kappa shape index (κ2) is 12.1. The Balaban J connectivity index is 1.69. The topological polar surface area (TPSA) is 125 Å². The number of hydrogen-bond acceptors (Lipinski definition) is 6. The first-order valence-electron chi connectivity index (χ1n) is 12.4. The van der Waals surface area contributed by atoms with Gasteiger partial charge < -0.3 is 30.2 Å². The van der Waals surface area contributed by atoms with Gasteiger partial charge in [0.2, 0.25) is 11.8 Å². The average molecular weight is 522 g/mol. The molecule has 9 nitrogen and oxygen atoms in total. The van der Waals surface area contributed by atoms with Crippen LogP contribution >= 0.6 is 11.6 Å². The van der Waals surface area contributed by atoms with Crippen molar-refractivity contribution in [3.05, 3.63) is 28.8 Å². The van der Waals surface area contributed by atoms with Crippen LogP contribution in [-0.4, -0.2) is 65.4 Å². The molecule has 1 aliphatic carbocycles. The summed E-state index contributed by atoms with van der Waals surface area (Å²) < 4.78 is 5.87. The van der Waals surface area contributed by atoms with Gasteiger partial charge in [-0.2, -0.15) is 0 Å². The van der Waals surface area contributed by atoms with Crippen LogP contribution in [0, 0.1) is 11.3 Å². The number of carbonyl (C=O) groups is 4. The molecule has 2 aliphatic rings. The largest absolute Gasteiger partial charge is 0.492 e. The summed E-state index contributed by atoms with van der Waals surface area (Å²) >= 11 is 6.60. The molecule has 3 N–H and O–H groups in total. The summed E-state index contributed by atoms with van der Waals surface area (Å²) in [6.07, 6.45) is 3.33. The fourth-order valence-electron chi connectivity index (χ4n) is 4.34. The van der Waals surface area contributed by atoms with Crippen molar-refractivity contribution in [2.45, 2.75) is 77.5 Å². The van der Waals surface area contributed by atoms with Gasteiger partial charge in [0, 0.05) is 13.1 Å². The third kappa shape index (κ3) is 7.43. The minimum absolute atomic E-state index is 0.224. The van der Waals surface area contributed by atoms with E-state index in [1.165, 1.54) is 17.7 Å². The van der Waals surface area contributed by atoms with Crippen LogP contribution in [0.15, 0.2) is 18.2 Å². The van der Waals surface area contributed by atoms with Crippen LogP contribution in [0.4, 0.5) is 0 Å². The number of aliphatic carboxylic acids is 1. The molecule has 2 fully saturated rings. The average Bonchev–Trinajstić information content (AvgIpc) is 3.50. The van der Waals surface area contributed by atoms with Crippen molar-refractivity contribution < 1.29 is 29.0 Å². The molecule has 10 heteroatoms. The van der Waals surface area contributed by atoms with E-state index in [1.807, 2.05) is 39.0 Å². The van der Waals surface area contributed by atoms with Gasteiger partial charge in [-0.15, -0.1) is 0 Å². The predicted molar refractivity (Wildman–Crippen MR) is 135 cm³/mol. The highest BCUT2D eigenvalue weighted by molar-refractivity contribution is 6.32. The summed E-state index contributed by atoms with van der Waals surface area (Å²) in [5, 5.41) is 15.3. The standard InChI is InChI=1S/C26H36ClN3O6/c1-26(2,3)23(28-13-17-6-4-8-20(22(17)27)36-15-16-9-10-16)25(35)30-11-5-7-19(30)24(34)29-18(14-31)12-21(32)33/h4,6,8,14,16,18-19,23,28H,5,7,9-13,15H2,1-3H3,(H,29,34)(H,32,33)/t18-,19-,23+/m0/s1. The first kappa shape index (κ1) is 27.9. The number of carboxylic acids is 1. The highest BCUT2D eigenvalue weighted by Crippen LogP contribution is 2.33. The number of carbonyl (C=O) groups excluding carboxylic acids is 3. The van der Waals surface area contributed by atoms with E-state index in [1.54, 1.807) is 0 Å². The Labute approximate surface area is 216 Å². The lowest BCUT2D eigenvalue weighted by Crippen LogP contribution is -2.57. The van der Waals surface area contributed by atoms with Gasteiger partial charge >= 0.3 is 5.97 Å². The molecule has 198 valence electrons. The van der Waals surface area contributed by atoms with Gasteiger partial charge in [-0.05, 0) is 48.6 Å². The van der Waals surface area contributed by atoms with E-state index in [0.717, 1.165) is 5.56 Å². The monoisotopic (exact) mass is 521 g/mol. The molecule has 3 atom stereocenters. The molecular formula is C26H36ClN3O6. The molecule has 1 saturated heterocycles. The summed E-state index contributed by atoms with van der Waals surface area (Å²) in [6.45, 7) is 7.22. The Hall–Kier alpha value is -2.65. The van der Waals surface area contributed by atoms with Crippen molar-refractivity contribution in [2.75, 3.05) is 13.2 Å². The van der Waals surface area contributed by atoms with Crippen LogP contribution in [0.2, 0.25) is 5.02 Å². The smallest absolute Gasteiger partial charge is 0.305 e. The van der Waals surface area contributed by atoms with E-state index in [-0.39, 0.29) is 5.91 Å².